The summed E-state index contributed by atoms with van der Waals surface area (Å²) >= 11 is 6.05. The van der Waals surface area contributed by atoms with Crippen molar-refractivity contribution in [3.05, 3.63) is 105 Å². The second-order valence-electron chi connectivity index (χ2n) is 6.35. The summed E-state index contributed by atoms with van der Waals surface area (Å²) in [6.07, 6.45) is 1.43. The van der Waals surface area contributed by atoms with Crippen LogP contribution in [0.2, 0.25) is 5.02 Å². The van der Waals surface area contributed by atoms with Crippen molar-refractivity contribution in [2.75, 3.05) is 5.32 Å². The summed E-state index contributed by atoms with van der Waals surface area (Å²) in [6.45, 7) is 0.163. The Labute approximate surface area is 183 Å². The molecule has 3 rings (SSSR count). The predicted molar refractivity (Wildman–Crippen MR) is 118 cm³/mol. The first-order valence-corrected chi connectivity index (χ1v) is 9.48. The number of hydrogen-bond donors (Lipinski definition) is 1. The van der Waals surface area contributed by atoms with E-state index in [0.717, 1.165) is 5.56 Å². The van der Waals surface area contributed by atoms with Crippen LogP contribution in [0.4, 0.5) is 11.4 Å². The molecule has 154 valence electrons. The Kier molecular flexibility index (Phi) is 6.99. The largest absolute Gasteiger partial charge is 0.488 e. The van der Waals surface area contributed by atoms with Gasteiger partial charge in [0.1, 0.15) is 24.0 Å². The van der Waals surface area contributed by atoms with E-state index in [1.165, 1.54) is 18.2 Å². The second kappa shape index (κ2) is 10.1. The molecule has 0 aromatic heterocycles. The lowest BCUT2D eigenvalue weighted by Crippen LogP contribution is -2.13. The summed E-state index contributed by atoms with van der Waals surface area (Å²) in [6, 6.07) is 21.6. The highest BCUT2D eigenvalue weighted by Crippen LogP contribution is 2.24. The van der Waals surface area contributed by atoms with E-state index in [-0.39, 0.29) is 17.9 Å². The van der Waals surface area contributed by atoms with Crippen molar-refractivity contribution in [2.45, 2.75) is 6.61 Å². The molecule has 31 heavy (non-hydrogen) atoms. The SMILES string of the molecule is N#C/C(=C/c1ccccc1OCc1ccc([N+](=O)[O-])cc1)C(=O)Nc1ccccc1Cl. The molecule has 0 saturated heterocycles. The first-order valence-electron chi connectivity index (χ1n) is 9.11. The van der Waals surface area contributed by atoms with E-state index in [1.807, 2.05) is 6.07 Å². The molecule has 0 fully saturated rings. The number of para-hydroxylation sites is 2. The molecule has 0 spiro atoms. The van der Waals surface area contributed by atoms with Crippen LogP contribution in [0.25, 0.3) is 6.08 Å². The van der Waals surface area contributed by atoms with Crippen LogP contribution in [-0.2, 0) is 11.4 Å². The highest BCUT2D eigenvalue weighted by atomic mass is 35.5. The maximum absolute atomic E-state index is 12.5. The van der Waals surface area contributed by atoms with Crippen molar-refractivity contribution in [3.8, 4) is 11.8 Å². The number of halogens is 1. The quantitative estimate of drug-likeness (QED) is 0.233. The maximum Gasteiger partial charge on any atom is 0.269 e. The third kappa shape index (κ3) is 5.69. The number of non-ortho nitro benzene ring substituents is 1. The van der Waals surface area contributed by atoms with Crippen LogP contribution in [-0.4, -0.2) is 10.8 Å². The molecule has 0 radical (unpaired) electrons. The van der Waals surface area contributed by atoms with Crippen molar-refractivity contribution in [1.29, 1.82) is 5.26 Å². The molecule has 0 aliphatic heterocycles. The van der Waals surface area contributed by atoms with Crippen LogP contribution in [0, 0.1) is 21.4 Å². The summed E-state index contributed by atoms with van der Waals surface area (Å²) in [5, 5.41) is 23.2. The number of ether oxygens (including phenoxy) is 1. The van der Waals surface area contributed by atoms with Crippen LogP contribution in [0.1, 0.15) is 11.1 Å². The topological polar surface area (TPSA) is 105 Å². The standard InChI is InChI=1S/C23H16ClN3O4/c24-20-6-2-3-7-21(20)26-23(28)18(14-25)13-17-5-1-4-8-22(17)31-15-16-9-11-19(12-10-16)27(29)30/h1-13H,15H2,(H,26,28)/b18-13-. The normalized spacial score (nSPS) is 10.8. The fraction of sp³-hybridized carbons (Fsp3) is 0.0435. The van der Waals surface area contributed by atoms with Crippen LogP contribution in [0.3, 0.4) is 0 Å². The van der Waals surface area contributed by atoms with Crippen LogP contribution in [0.15, 0.2) is 78.4 Å². The number of nitrogens with one attached hydrogen (secondary N) is 1. The van der Waals surface area contributed by atoms with Gasteiger partial charge in [0.05, 0.1) is 15.6 Å². The number of carbonyl (C=O) groups excluding carboxylic acids is 1. The number of anilines is 1. The van der Waals surface area contributed by atoms with Gasteiger partial charge in [0.15, 0.2) is 0 Å². The summed E-state index contributed by atoms with van der Waals surface area (Å²) in [5.74, 6) is -0.139. The lowest BCUT2D eigenvalue weighted by Gasteiger charge is -2.10. The number of benzene rings is 3. The highest BCUT2D eigenvalue weighted by Gasteiger charge is 2.13. The molecule has 1 amide bonds. The Bertz CT molecular complexity index is 1180. The summed E-state index contributed by atoms with van der Waals surface area (Å²) in [7, 11) is 0. The summed E-state index contributed by atoms with van der Waals surface area (Å²) in [5.41, 5.74) is 1.55. The van der Waals surface area contributed by atoms with E-state index in [1.54, 1.807) is 60.7 Å². The molecule has 0 aliphatic carbocycles. The van der Waals surface area contributed by atoms with E-state index in [0.29, 0.717) is 22.0 Å². The molecule has 0 bridgehead atoms. The first-order chi connectivity index (χ1) is 15.0. The van der Waals surface area contributed by atoms with E-state index in [9.17, 15) is 20.2 Å². The molecule has 8 heteroatoms. The second-order valence-corrected chi connectivity index (χ2v) is 6.76. The number of rotatable bonds is 7. The number of nitrogens with zero attached hydrogens (tertiary/aromatic N) is 2. The molecule has 0 heterocycles. The van der Waals surface area contributed by atoms with Gasteiger partial charge in [-0.15, -0.1) is 0 Å². The predicted octanol–water partition coefficient (Wildman–Crippen LogP) is 5.37. The average Bonchev–Trinajstić information content (AvgIpc) is 2.78. The molecule has 1 N–H and O–H groups in total. The molecule has 0 saturated carbocycles. The van der Waals surface area contributed by atoms with Crippen LogP contribution >= 0.6 is 11.6 Å². The molecule has 0 aliphatic rings. The van der Waals surface area contributed by atoms with E-state index < -0.39 is 10.8 Å². The van der Waals surface area contributed by atoms with Crippen molar-refractivity contribution < 1.29 is 14.5 Å². The van der Waals surface area contributed by atoms with Crippen LogP contribution in [0.5, 0.6) is 5.75 Å². The molecule has 3 aromatic rings. The number of carbonyl (C=O) groups is 1. The zero-order valence-electron chi connectivity index (χ0n) is 16.1. The number of hydrogen-bond acceptors (Lipinski definition) is 5. The van der Waals surface area contributed by atoms with Gasteiger partial charge in [-0.05, 0) is 42.0 Å². The average molecular weight is 434 g/mol. The third-order valence-corrected chi connectivity index (χ3v) is 4.58. The van der Waals surface area contributed by atoms with Gasteiger partial charge in [0.25, 0.3) is 11.6 Å². The van der Waals surface area contributed by atoms with Gasteiger partial charge in [0, 0.05) is 17.7 Å². The lowest BCUT2D eigenvalue weighted by molar-refractivity contribution is -0.384. The van der Waals surface area contributed by atoms with Crippen molar-refractivity contribution in [1.82, 2.24) is 0 Å². The number of nitriles is 1. The monoisotopic (exact) mass is 433 g/mol. The summed E-state index contributed by atoms with van der Waals surface area (Å²) < 4.78 is 5.81. The Hall–Kier alpha value is -4.15. The zero-order chi connectivity index (χ0) is 22.2. The van der Waals surface area contributed by atoms with Gasteiger partial charge < -0.3 is 10.1 Å². The van der Waals surface area contributed by atoms with Gasteiger partial charge in [-0.2, -0.15) is 5.26 Å². The molecule has 3 aromatic carbocycles. The van der Waals surface area contributed by atoms with Gasteiger partial charge >= 0.3 is 0 Å². The Balaban J connectivity index is 1.77. The van der Waals surface area contributed by atoms with Crippen molar-refractivity contribution >= 4 is 35.0 Å². The Morgan fingerprint density at radius 1 is 1.10 bits per heavy atom. The lowest BCUT2D eigenvalue weighted by atomic mass is 10.1. The van der Waals surface area contributed by atoms with E-state index >= 15 is 0 Å². The summed E-state index contributed by atoms with van der Waals surface area (Å²) in [4.78, 5) is 22.8. The third-order valence-electron chi connectivity index (χ3n) is 4.25. The van der Waals surface area contributed by atoms with Gasteiger partial charge in [0.2, 0.25) is 0 Å². The minimum absolute atomic E-state index is 0.00437. The smallest absolute Gasteiger partial charge is 0.269 e. The number of nitro benzene ring substituents is 1. The molecule has 7 nitrogen and oxygen atoms in total. The van der Waals surface area contributed by atoms with E-state index in [4.69, 9.17) is 16.3 Å². The molecular weight excluding hydrogens is 418 g/mol. The Morgan fingerprint density at radius 2 is 1.77 bits per heavy atom. The fourth-order valence-corrected chi connectivity index (χ4v) is 2.85. The first kappa shape index (κ1) is 21.6. The number of nitro groups is 1. The molecular formula is C23H16ClN3O4. The number of amides is 1. The van der Waals surface area contributed by atoms with Crippen molar-refractivity contribution in [3.63, 3.8) is 0 Å². The Morgan fingerprint density at radius 3 is 2.45 bits per heavy atom. The molecule has 0 unspecified atom stereocenters. The zero-order valence-corrected chi connectivity index (χ0v) is 16.9. The van der Waals surface area contributed by atoms with Gasteiger partial charge in [-0.25, -0.2) is 0 Å². The van der Waals surface area contributed by atoms with Gasteiger partial charge in [-0.1, -0.05) is 41.9 Å². The maximum atomic E-state index is 12.5. The molecule has 0 atom stereocenters. The van der Waals surface area contributed by atoms with Crippen LogP contribution < -0.4 is 10.1 Å². The minimum Gasteiger partial charge on any atom is -0.488 e. The fourth-order valence-electron chi connectivity index (χ4n) is 2.66. The van der Waals surface area contributed by atoms with E-state index in [2.05, 4.69) is 5.32 Å². The van der Waals surface area contributed by atoms with Crippen molar-refractivity contribution in [2.24, 2.45) is 0 Å². The highest BCUT2D eigenvalue weighted by molar-refractivity contribution is 6.34. The van der Waals surface area contributed by atoms with Gasteiger partial charge in [-0.3, -0.25) is 14.9 Å². The minimum atomic E-state index is -0.597.